The summed E-state index contributed by atoms with van der Waals surface area (Å²) in [6.07, 6.45) is -0.487. The van der Waals surface area contributed by atoms with E-state index < -0.39 is 11.7 Å². The molecule has 0 aliphatic carbocycles. The van der Waals surface area contributed by atoms with Crippen molar-refractivity contribution in [2.45, 2.75) is 26.4 Å². The summed E-state index contributed by atoms with van der Waals surface area (Å²) in [5.41, 5.74) is 0.794. The van der Waals surface area contributed by atoms with Crippen molar-refractivity contribution >= 4 is 35.1 Å². The minimum atomic E-state index is -0.542. The molecule has 0 saturated heterocycles. The molecule has 0 fully saturated rings. The van der Waals surface area contributed by atoms with Gasteiger partial charge in [0.2, 0.25) is 5.95 Å². The molecule has 0 radical (unpaired) electrons. The Morgan fingerprint density at radius 2 is 1.93 bits per heavy atom. The molecule has 2 aromatic rings. The van der Waals surface area contributed by atoms with E-state index in [2.05, 4.69) is 32.0 Å². The fraction of sp³-hybridized carbons (Fsp3) is 0.333. The number of benzene rings is 1. The summed E-state index contributed by atoms with van der Waals surface area (Å²) in [6.45, 7) is 6.13. The zero-order chi connectivity index (χ0) is 19.9. The Hall–Kier alpha value is -3.05. The van der Waals surface area contributed by atoms with Crippen LogP contribution < -0.4 is 16.0 Å². The number of hydrogen-bond donors (Lipinski definition) is 3. The Morgan fingerprint density at radius 3 is 2.56 bits per heavy atom. The number of anilines is 3. The van der Waals surface area contributed by atoms with Crippen LogP contribution in [0.5, 0.6) is 0 Å². The predicted molar refractivity (Wildman–Crippen MR) is 104 cm³/mol. The summed E-state index contributed by atoms with van der Waals surface area (Å²) in [5, 5.41) is 17.8. The number of ether oxygens (including phenoxy) is 1. The molecule has 0 unspecified atom stereocenters. The van der Waals surface area contributed by atoms with Crippen molar-refractivity contribution in [1.29, 1.82) is 5.26 Å². The monoisotopic (exact) mass is 388 g/mol. The van der Waals surface area contributed by atoms with Crippen LogP contribution in [0.4, 0.5) is 22.2 Å². The molecule has 3 N–H and O–H groups in total. The fourth-order valence-corrected chi connectivity index (χ4v) is 2.17. The van der Waals surface area contributed by atoms with Crippen molar-refractivity contribution in [1.82, 2.24) is 15.3 Å². The topological polar surface area (TPSA) is 112 Å². The van der Waals surface area contributed by atoms with E-state index in [1.165, 1.54) is 0 Å². The van der Waals surface area contributed by atoms with Crippen LogP contribution in [-0.4, -0.2) is 34.8 Å². The Balaban J connectivity index is 1.89. The first kappa shape index (κ1) is 20.3. The third-order valence-electron chi connectivity index (χ3n) is 3.06. The average molecular weight is 389 g/mol. The predicted octanol–water partition coefficient (Wildman–Crippen LogP) is 3.68. The maximum Gasteiger partial charge on any atom is 0.407 e. The van der Waals surface area contributed by atoms with E-state index in [4.69, 9.17) is 21.6 Å². The second-order valence-corrected chi connectivity index (χ2v) is 6.96. The van der Waals surface area contributed by atoms with Crippen molar-refractivity contribution in [2.24, 2.45) is 0 Å². The number of carbonyl (C=O) groups excluding carboxylic acids is 1. The molecule has 1 aromatic carbocycles. The maximum absolute atomic E-state index is 11.6. The average Bonchev–Trinajstić information content (AvgIpc) is 2.57. The molecule has 1 heterocycles. The molecule has 142 valence electrons. The molecule has 0 saturated carbocycles. The van der Waals surface area contributed by atoms with E-state index in [1.54, 1.807) is 51.1 Å². The lowest BCUT2D eigenvalue weighted by Crippen LogP contribution is -2.35. The fourth-order valence-electron chi connectivity index (χ4n) is 1.99. The Morgan fingerprint density at radius 1 is 1.22 bits per heavy atom. The van der Waals surface area contributed by atoms with E-state index in [0.29, 0.717) is 30.4 Å². The Bertz CT molecular complexity index is 827. The van der Waals surface area contributed by atoms with Crippen LogP contribution in [0.1, 0.15) is 26.3 Å². The lowest BCUT2D eigenvalue weighted by atomic mass is 10.2. The number of hydrogen-bond acceptors (Lipinski definition) is 7. The number of amides is 1. The third kappa shape index (κ3) is 7.38. The summed E-state index contributed by atoms with van der Waals surface area (Å²) in [5.74, 6) is 0.826. The lowest BCUT2D eigenvalue weighted by molar-refractivity contribution is 0.0530. The number of carbonyl (C=O) groups is 1. The van der Waals surface area contributed by atoms with Crippen molar-refractivity contribution in [3.05, 3.63) is 41.0 Å². The molecule has 27 heavy (non-hydrogen) atoms. The highest BCUT2D eigenvalue weighted by atomic mass is 35.5. The van der Waals surface area contributed by atoms with Crippen LogP contribution in [-0.2, 0) is 4.74 Å². The molecule has 1 amide bonds. The van der Waals surface area contributed by atoms with Crippen molar-refractivity contribution in [2.75, 3.05) is 23.7 Å². The first-order valence-electron chi connectivity index (χ1n) is 8.28. The number of aromatic nitrogens is 2. The molecule has 0 aliphatic heterocycles. The molecule has 8 nitrogen and oxygen atoms in total. The highest BCUT2D eigenvalue weighted by Crippen LogP contribution is 2.19. The normalized spacial score (nSPS) is 10.6. The number of nitrogens with one attached hydrogen (secondary N) is 3. The van der Waals surface area contributed by atoms with Gasteiger partial charge >= 0.3 is 6.09 Å². The summed E-state index contributed by atoms with van der Waals surface area (Å²) in [7, 11) is 0. The number of halogens is 1. The molecule has 0 atom stereocenters. The largest absolute Gasteiger partial charge is 0.444 e. The first-order chi connectivity index (χ1) is 12.7. The van der Waals surface area contributed by atoms with Gasteiger partial charge in [-0.15, -0.1) is 0 Å². The van der Waals surface area contributed by atoms with Crippen molar-refractivity contribution < 1.29 is 9.53 Å². The molecule has 0 aliphatic rings. The number of rotatable bonds is 6. The van der Waals surface area contributed by atoms with Gasteiger partial charge in [0, 0.05) is 24.8 Å². The van der Waals surface area contributed by atoms with Crippen LogP contribution in [0.25, 0.3) is 0 Å². The van der Waals surface area contributed by atoms with Gasteiger partial charge in [-0.2, -0.15) is 10.2 Å². The van der Waals surface area contributed by atoms with Crippen LogP contribution in [0.2, 0.25) is 5.15 Å². The Kier molecular flexibility index (Phi) is 6.79. The molecular weight excluding hydrogens is 368 g/mol. The van der Waals surface area contributed by atoms with Crippen LogP contribution in [0.15, 0.2) is 30.3 Å². The zero-order valence-electron chi connectivity index (χ0n) is 15.3. The summed E-state index contributed by atoms with van der Waals surface area (Å²) < 4.78 is 5.15. The van der Waals surface area contributed by atoms with Gasteiger partial charge in [0.25, 0.3) is 0 Å². The standard InChI is InChI=1S/C18H21ClN6O2/c1-18(2,3)27-17(26)22-9-8-21-16-24-14(19)10-15(25-16)23-13-6-4-12(11-20)5-7-13/h4-7,10H,8-9H2,1-3H3,(H,22,26)(H2,21,23,24,25). The van der Waals surface area contributed by atoms with Gasteiger partial charge in [0.15, 0.2) is 0 Å². The molecule has 9 heteroatoms. The second-order valence-electron chi connectivity index (χ2n) is 6.57. The smallest absolute Gasteiger partial charge is 0.407 e. The highest BCUT2D eigenvalue weighted by molar-refractivity contribution is 6.29. The van der Waals surface area contributed by atoms with Gasteiger partial charge in [-0.05, 0) is 45.0 Å². The quantitative estimate of drug-likeness (QED) is 0.511. The van der Waals surface area contributed by atoms with Crippen molar-refractivity contribution in [3.63, 3.8) is 0 Å². The summed E-state index contributed by atoms with van der Waals surface area (Å²) >= 11 is 6.04. The minimum Gasteiger partial charge on any atom is -0.444 e. The van der Waals surface area contributed by atoms with E-state index >= 15 is 0 Å². The van der Waals surface area contributed by atoms with Gasteiger partial charge in [-0.25, -0.2) is 9.78 Å². The van der Waals surface area contributed by atoms with Crippen LogP contribution in [0.3, 0.4) is 0 Å². The minimum absolute atomic E-state index is 0.267. The number of alkyl carbamates (subject to hydrolysis) is 1. The van der Waals surface area contributed by atoms with Gasteiger partial charge in [0.05, 0.1) is 11.6 Å². The van der Waals surface area contributed by atoms with Gasteiger partial charge < -0.3 is 20.7 Å². The molecule has 0 spiro atoms. The molecule has 2 rings (SSSR count). The number of nitrogens with zero attached hydrogens (tertiary/aromatic N) is 3. The summed E-state index contributed by atoms with van der Waals surface area (Å²) in [6, 6.07) is 10.6. The van der Waals surface area contributed by atoms with Gasteiger partial charge in [0.1, 0.15) is 16.6 Å². The molecule has 0 bridgehead atoms. The van der Waals surface area contributed by atoms with Crippen LogP contribution >= 0.6 is 11.6 Å². The lowest BCUT2D eigenvalue weighted by Gasteiger charge is -2.19. The van der Waals surface area contributed by atoms with Gasteiger partial charge in [-0.3, -0.25) is 0 Å². The number of nitriles is 1. The summed E-state index contributed by atoms with van der Waals surface area (Å²) in [4.78, 5) is 20.0. The van der Waals surface area contributed by atoms with E-state index in [0.717, 1.165) is 5.69 Å². The van der Waals surface area contributed by atoms with E-state index in [9.17, 15) is 4.79 Å². The maximum atomic E-state index is 11.6. The third-order valence-corrected chi connectivity index (χ3v) is 3.25. The van der Waals surface area contributed by atoms with Gasteiger partial charge in [-0.1, -0.05) is 11.6 Å². The Labute approximate surface area is 162 Å². The van der Waals surface area contributed by atoms with E-state index in [-0.39, 0.29) is 5.15 Å². The van der Waals surface area contributed by atoms with Crippen molar-refractivity contribution in [3.8, 4) is 6.07 Å². The zero-order valence-corrected chi connectivity index (χ0v) is 16.1. The second kappa shape index (κ2) is 9.05. The molecule has 1 aromatic heterocycles. The highest BCUT2D eigenvalue weighted by Gasteiger charge is 2.15. The SMILES string of the molecule is CC(C)(C)OC(=O)NCCNc1nc(Cl)cc(Nc2ccc(C#N)cc2)n1. The van der Waals surface area contributed by atoms with E-state index in [1.807, 2.05) is 0 Å². The first-order valence-corrected chi connectivity index (χ1v) is 8.65. The molecular formula is C18H21ClN6O2. The van der Waals surface area contributed by atoms with Crippen LogP contribution in [0, 0.1) is 11.3 Å².